The third kappa shape index (κ3) is 4.02. The van der Waals surface area contributed by atoms with Gasteiger partial charge < -0.3 is 15.3 Å². The van der Waals surface area contributed by atoms with Gasteiger partial charge in [-0.3, -0.25) is 10.4 Å². The zero-order valence-corrected chi connectivity index (χ0v) is 18.3. The molecule has 4 N–H and O–H groups in total. The molecule has 1 aromatic carbocycles. The Hall–Kier alpha value is -3.50. The predicted molar refractivity (Wildman–Crippen MR) is 124 cm³/mol. The first-order chi connectivity index (χ1) is 15.6. The van der Waals surface area contributed by atoms with Crippen molar-refractivity contribution >= 4 is 39.9 Å². The summed E-state index contributed by atoms with van der Waals surface area (Å²) in [5, 5.41) is 24.1. The van der Waals surface area contributed by atoms with Crippen molar-refractivity contribution in [2.24, 2.45) is 0 Å². The number of thiazole rings is 1. The number of hydrogen-bond donors (Lipinski definition) is 4. The van der Waals surface area contributed by atoms with Gasteiger partial charge in [-0.05, 0) is 12.5 Å². The molecule has 4 aromatic rings. The van der Waals surface area contributed by atoms with Crippen molar-refractivity contribution < 1.29 is 9.90 Å². The molecule has 0 saturated carbocycles. The number of amides is 2. The summed E-state index contributed by atoms with van der Waals surface area (Å²) in [6, 6.07) is 10.1. The summed E-state index contributed by atoms with van der Waals surface area (Å²) in [6.07, 6.45) is 1.86. The summed E-state index contributed by atoms with van der Waals surface area (Å²) >= 11 is 1.67. The fraction of sp³-hybridized carbons (Fsp3) is 0.273. The quantitative estimate of drug-likeness (QED) is 0.371. The van der Waals surface area contributed by atoms with Crippen LogP contribution in [-0.2, 0) is 13.0 Å². The van der Waals surface area contributed by atoms with Crippen molar-refractivity contribution in [3.8, 4) is 0 Å². The Labute approximate surface area is 188 Å². The van der Waals surface area contributed by atoms with E-state index in [-0.39, 0.29) is 0 Å². The van der Waals surface area contributed by atoms with E-state index in [4.69, 9.17) is 0 Å². The molecule has 0 radical (unpaired) electrons. The number of nitrogens with zero attached hydrogens (tertiary/aromatic N) is 4. The summed E-state index contributed by atoms with van der Waals surface area (Å²) in [6.45, 7) is 3.27. The molecule has 0 fully saturated rings. The van der Waals surface area contributed by atoms with E-state index in [1.54, 1.807) is 30.5 Å². The maximum Gasteiger partial charge on any atom is 0.320 e. The fourth-order valence-corrected chi connectivity index (χ4v) is 4.77. The molecule has 0 aliphatic carbocycles. The number of carbonyl (C=O) groups is 1. The average Bonchev–Trinajstić information content (AvgIpc) is 3.44. The lowest BCUT2D eigenvalue weighted by Gasteiger charge is -2.26. The number of fused-ring (bicyclic) bond motifs is 2. The van der Waals surface area contributed by atoms with Crippen LogP contribution in [0.1, 0.15) is 29.1 Å². The highest BCUT2D eigenvalue weighted by molar-refractivity contribution is 7.09. The molecule has 10 heteroatoms. The van der Waals surface area contributed by atoms with Gasteiger partial charge in [-0.25, -0.2) is 14.8 Å². The minimum absolute atomic E-state index is 0.394. The number of aliphatic hydroxyl groups excluding tert-OH is 1. The molecule has 0 saturated heterocycles. The highest BCUT2D eigenvalue weighted by Gasteiger charge is 2.23. The molecule has 1 aliphatic rings. The third-order valence-electron chi connectivity index (χ3n) is 5.57. The van der Waals surface area contributed by atoms with Crippen LogP contribution in [0.5, 0.6) is 0 Å². The molecule has 2 amide bonds. The summed E-state index contributed by atoms with van der Waals surface area (Å²) in [5.41, 5.74) is 4.68. The van der Waals surface area contributed by atoms with Crippen molar-refractivity contribution in [3.63, 3.8) is 0 Å². The molecule has 1 aliphatic heterocycles. The van der Waals surface area contributed by atoms with Crippen molar-refractivity contribution in [3.05, 3.63) is 64.2 Å². The fourth-order valence-electron chi connectivity index (χ4n) is 3.95. The van der Waals surface area contributed by atoms with E-state index in [1.807, 2.05) is 35.8 Å². The van der Waals surface area contributed by atoms with Crippen LogP contribution in [0.2, 0.25) is 0 Å². The number of aromatic amines is 1. The van der Waals surface area contributed by atoms with E-state index in [0.717, 1.165) is 41.8 Å². The average molecular weight is 450 g/mol. The lowest BCUT2D eigenvalue weighted by molar-refractivity contribution is 0.148. The highest BCUT2D eigenvalue weighted by Crippen LogP contribution is 2.30. The van der Waals surface area contributed by atoms with E-state index in [0.29, 0.717) is 5.82 Å². The Kier molecular flexibility index (Phi) is 5.46. The minimum Gasteiger partial charge on any atom is -0.391 e. The van der Waals surface area contributed by atoms with Crippen LogP contribution in [0.15, 0.2) is 48.1 Å². The summed E-state index contributed by atoms with van der Waals surface area (Å²) in [7, 11) is 0. The molecule has 9 nitrogen and oxygen atoms in total. The minimum atomic E-state index is -0.752. The number of aliphatic hydroxyl groups is 1. The van der Waals surface area contributed by atoms with Gasteiger partial charge in [0, 0.05) is 30.1 Å². The monoisotopic (exact) mass is 449 g/mol. The van der Waals surface area contributed by atoms with Gasteiger partial charge in [0.15, 0.2) is 5.82 Å². The Balaban J connectivity index is 1.30. The van der Waals surface area contributed by atoms with Crippen molar-refractivity contribution in [2.45, 2.75) is 32.0 Å². The van der Waals surface area contributed by atoms with E-state index >= 15 is 0 Å². The van der Waals surface area contributed by atoms with Gasteiger partial charge in [-0.15, -0.1) is 11.3 Å². The van der Waals surface area contributed by atoms with E-state index in [2.05, 4.69) is 35.7 Å². The number of carbonyl (C=O) groups excluding carboxylic acids is 1. The first-order valence-corrected chi connectivity index (χ1v) is 11.3. The van der Waals surface area contributed by atoms with E-state index in [9.17, 15) is 9.90 Å². The largest absolute Gasteiger partial charge is 0.391 e. The maximum atomic E-state index is 12.6. The Morgan fingerprint density at radius 1 is 1.28 bits per heavy atom. The number of aromatic nitrogens is 4. The second kappa shape index (κ2) is 8.56. The van der Waals surface area contributed by atoms with Gasteiger partial charge in [0.2, 0.25) is 0 Å². The third-order valence-corrected chi connectivity index (χ3v) is 6.43. The SMILES string of the molecule is C[C@@H](O)[C@@H](NC(=O)Nc1cc2[nH]nc(N3CCc4ncsc4C3)c2cn1)c1ccccc1. The standard InChI is InChI=1S/C22H23N7O2S/c1-13(30)20(14-5-3-2-4-6-14)26-22(31)25-19-9-17-15(10-23-19)21(28-27-17)29-8-7-16-18(11-29)32-12-24-16/h2-6,9-10,12-13,20,30H,7-8,11H2,1H3,(H,27,28)(H2,23,25,26,31)/t13-,20-/m1/s1. The van der Waals surface area contributed by atoms with Gasteiger partial charge in [0.25, 0.3) is 0 Å². The second-order valence-electron chi connectivity index (χ2n) is 7.78. The Morgan fingerprint density at radius 2 is 2.12 bits per heavy atom. The van der Waals surface area contributed by atoms with Crippen LogP contribution >= 0.6 is 11.3 Å². The zero-order chi connectivity index (χ0) is 22.1. The lowest BCUT2D eigenvalue weighted by Crippen LogP contribution is -2.37. The van der Waals surface area contributed by atoms with Crippen LogP contribution < -0.4 is 15.5 Å². The van der Waals surface area contributed by atoms with E-state index in [1.165, 1.54) is 10.6 Å². The van der Waals surface area contributed by atoms with Crippen LogP contribution in [0.3, 0.4) is 0 Å². The molecule has 3 aromatic heterocycles. The number of pyridine rings is 1. The number of rotatable bonds is 5. The topological polar surface area (TPSA) is 119 Å². The molecular weight excluding hydrogens is 426 g/mol. The molecule has 32 heavy (non-hydrogen) atoms. The second-order valence-corrected chi connectivity index (χ2v) is 8.72. The molecule has 164 valence electrons. The van der Waals surface area contributed by atoms with Crippen molar-refractivity contribution in [1.29, 1.82) is 0 Å². The van der Waals surface area contributed by atoms with Gasteiger partial charge in [0.05, 0.1) is 40.8 Å². The number of H-pyrrole nitrogens is 1. The van der Waals surface area contributed by atoms with Gasteiger partial charge >= 0.3 is 6.03 Å². The first kappa shape index (κ1) is 20.4. The molecule has 0 bridgehead atoms. The molecule has 0 unspecified atom stereocenters. The number of nitrogens with one attached hydrogen (secondary N) is 3. The highest BCUT2D eigenvalue weighted by atomic mass is 32.1. The predicted octanol–water partition coefficient (Wildman–Crippen LogP) is 3.22. The summed E-state index contributed by atoms with van der Waals surface area (Å²) < 4.78 is 0. The molecule has 2 atom stereocenters. The maximum absolute atomic E-state index is 12.6. The van der Waals surface area contributed by atoms with Gasteiger partial charge in [-0.2, -0.15) is 5.10 Å². The van der Waals surface area contributed by atoms with Crippen molar-refractivity contribution in [2.75, 3.05) is 16.8 Å². The Morgan fingerprint density at radius 3 is 2.94 bits per heavy atom. The summed E-state index contributed by atoms with van der Waals surface area (Å²) in [4.78, 5) is 24.9. The molecule has 5 rings (SSSR count). The molecular formula is C22H23N7O2S. The number of benzene rings is 1. The molecule has 4 heterocycles. The van der Waals surface area contributed by atoms with Crippen LogP contribution in [0, 0.1) is 0 Å². The van der Waals surface area contributed by atoms with Gasteiger partial charge in [-0.1, -0.05) is 30.3 Å². The zero-order valence-electron chi connectivity index (χ0n) is 17.4. The smallest absolute Gasteiger partial charge is 0.320 e. The Bertz CT molecular complexity index is 1240. The molecule has 0 spiro atoms. The van der Waals surface area contributed by atoms with Gasteiger partial charge in [0.1, 0.15) is 5.82 Å². The lowest BCUT2D eigenvalue weighted by atomic mass is 10.0. The first-order valence-electron chi connectivity index (χ1n) is 10.4. The van der Waals surface area contributed by atoms with E-state index < -0.39 is 18.2 Å². The number of hydrogen-bond acceptors (Lipinski definition) is 7. The van der Waals surface area contributed by atoms with Crippen LogP contribution in [-0.4, -0.2) is 44.0 Å². The number of anilines is 2. The normalized spacial score (nSPS) is 15.2. The number of urea groups is 1. The van der Waals surface area contributed by atoms with Crippen molar-refractivity contribution in [1.82, 2.24) is 25.5 Å². The van der Waals surface area contributed by atoms with Crippen LogP contribution in [0.25, 0.3) is 10.9 Å². The summed E-state index contributed by atoms with van der Waals surface area (Å²) in [5.74, 6) is 1.24. The van der Waals surface area contributed by atoms with Crippen LogP contribution in [0.4, 0.5) is 16.4 Å².